The molecule has 0 amide bonds. The highest BCUT2D eigenvalue weighted by molar-refractivity contribution is 5.81. The Morgan fingerprint density at radius 2 is 1.78 bits per heavy atom. The molecule has 0 aliphatic heterocycles. The van der Waals surface area contributed by atoms with E-state index in [4.69, 9.17) is 15.2 Å². The smallest absolute Gasteiger partial charge is 0.328 e. The van der Waals surface area contributed by atoms with Gasteiger partial charge in [0.1, 0.15) is 5.54 Å². The largest absolute Gasteiger partial charge is 0.468 e. The SMILES string of the molecule is COC(=O)C(N)(COC1CCCCCC1)C1CC1. The Hall–Kier alpha value is -0.610. The van der Waals surface area contributed by atoms with Crippen molar-refractivity contribution in [1.82, 2.24) is 0 Å². The number of hydrogen-bond acceptors (Lipinski definition) is 4. The van der Waals surface area contributed by atoms with E-state index in [0.717, 1.165) is 25.7 Å². The van der Waals surface area contributed by atoms with Crippen molar-refractivity contribution < 1.29 is 14.3 Å². The monoisotopic (exact) mass is 255 g/mol. The summed E-state index contributed by atoms with van der Waals surface area (Å²) in [4.78, 5) is 11.8. The Morgan fingerprint density at radius 1 is 1.17 bits per heavy atom. The van der Waals surface area contributed by atoms with Gasteiger partial charge in [0.15, 0.2) is 0 Å². The minimum absolute atomic E-state index is 0.246. The Labute approximate surface area is 109 Å². The summed E-state index contributed by atoms with van der Waals surface area (Å²) in [6.07, 6.45) is 9.55. The number of carbonyl (C=O) groups excluding carboxylic acids is 1. The molecule has 1 atom stereocenters. The lowest BCUT2D eigenvalue weighted by Gasteiger charge is -2.28. The van der Waals surface area contributed by atoms with Crippen molar-refractivity contribution in [3.05, 3.63) is 0 Å². The molecule has 0 bridgehead atoms. The Balaban J connectivity index is 1.87. The maximum Gasteiger partial charge on any atom is 0.328 e. The number of hydrogen-bond donors (Lipinski definition) is 1. The molecule has 4 heteroatoms. The van der Waals surface area contributed by atoms with Crippen LogP contribution in [-0.2, 0) is 14.3 Å². The maximum absolute atomic E-state index is 11.8. The molecular formula is C14H25NO3. The van der Waals surface area contributed by atoms with Gasteiger partial charge >= 0.3 is 5.97 Å². The van der Waals surface area contributed by atoms with Crippen molar-refractivity contribution >= 4 is 5.97 Å². The molecule has 0 aromatic heterocycles. The summed E-state index contributed by atoms with van der Waals surface area (Å²) < 4.78 is 10.8. The van der Waals surface area contributed by atoms with Crippen LogP contribution in [0, 0.1) is 5.92 Å². The third-order valence-electron chi connectivity index (χ3n) is 4.23. The Morgan fingerprint density at radius 3 is 2.28 bits per heavy atom. The third kappa shape index (κ3) is 3.23. The van der Waals surface area contributed by atoms with Gasteiger partial charge in [0.05, 0.1) is 19.8 Å². The third-order valence-corrected chi connectivity index (χ3v) is 4.23. The minimum Gasteiger partial charge on any atom is -0.468 e. The summed E-state index contributed by atoms with van der Waals surface area (Å²) >= 11 is 0. The molecule has 0 aromatic rings. The number of rotatable bonds is 5. The highest BCUT2D eigenvalue weighted by Gasteiger charge is 2.49. The van der Waals surface area contributed by atoms with E-state index in [1.54, 1.807) is 0 Å². The molecule has 2 rings (SSSR count). The van der Waals surface area contributed by atoms with Crippen LogP contribution in [0.2, 0.25) is 0 Å². The van der Waals surface area contributed by atoms with E-state index < -0.39 is 5.54 Å². The van der Waals surface area contributed by atoms with E-state index in [0.29, 0.717) is 6.61 Å². The van der Waals surface area contributed by atoms with Crippen LogP contribution >= 0.6 is 0 Å². The van der Waals surface area contributed by atoms with E-state index in [9.17, 15) is 4.79 Å². The number of ether oxygens (including phenoxy) is 2. The van der Waals surface area contributed by atoms with Crippen LogP contribution in [0.4, 0.5) is 0 Å². The zero-order chi connectivity index (χ0) is 13.0. The quantitative estimate of drug-likeness (QED) is 0.603. The second-order valence-corrected chi connectivity index (χ2v) is 5.73. The normalized spacial score (nSPS) is 25.2. The second kappa shape index (κ2) is 6.02. The van der Waals surface area contributed by atoms with Crippen molar-refractivity contribution in [2.45, 2.75) is 63.0 Å². The molecule has 2 N–H and O–H groups in total. The van der Waals surface area contributed by atoms with Crippen molar-refractivity contribution in [2.24, 2.45) is 11.7 Å². The summed E-state index contributed by atoms with van der Waals surface area (Å²) in [5.41, 5.74) is 5.30. The number of carbonyl (C=O) groups is 1. The van der Waals surface area contributed by atoms with Gasteiger partial charge in [-0.1, -0.05) is 25.7 Å². The predicted molar refractivity (Wildman–Crippen MR) is 69.1 cm³/mol. The minimum atomic E-state index is -0.916. The van der Waals surface area contributed by atoms with Crippen molar-refractivity contribution in [3.63, 3.8) is 0 Å². The standard InChI is InChI=1S/C14H25NO3/c1-17-13(16)14(15,11-8-9-11)10-18-12-6-4-2-3-5-7-12/h11-12H,2-10,15H2,1H3. The first-order chi connectivity index (χ1) is 8.66. The molecule has 1 unspecified atom stereocenters. The molecule has 0 saturated heterocycles. The van der Waals surface area contributed by atoms with Gasteiger partial charge in [-0.25, -0.2) is 4.79 Å². The molecule has 4 nitrogen and oxygen atoms in total. The average molecular weight is 255 g/mol. The second-order valence-electron chi connectivity index (χ2n) is 5.73. The van der Waals surface area contributed by atoms with Crippen LogP contribution in [-0.4, -0.2) is 31.3 Å². The Bertz CT molecular complexity index is 283. The van der Waals surface area contributed by atoms with Crippen LogP contribution in [0.5, 0.6) is 0 Å². The molecule has 2 saturated carbocycles. The van der Waals surface area contributed by atoms with Crippen LogP contribution in [0.25, 0.3) is 0 Å². The van der Waals surface area contributed by atoms with Crippen molar-refractivity contribution in [1.29, 1.82) is 0 Å². The van der Waals surface area contributed by atoms with Gasteiger partial charge < -0.3 is 15.2 Å². The molecule has 0 spiro atoms. The lowest BCUT2D eigenvalue weighted by atomic mass is 9.95. The van der Waals surface area contributed by atoms with Gasteiger partial charge in [-0.3, -0.25) is 0 Å². The average Bonchev–Trinajstić information content (AvgIpc) is 3.21. The van der Waals surface area contributed by atoms with E-state index in [2.05, 4.69) is 0 Å². The summed E-state index contributed by atoms with van der Waals surface area (Å²) in [5.74, 6) is -0.0747. The first kappa shape index (κ1) is 13.8. The topological polar surface area (TPSA) is 61.5 Å². The molecule has 2 aliphatic rings. The number of esters is 1. The molecule has 2 aliphatic carbocycles. The van der Waals surface area contributed by atoms with Gasteiger partial charge in [-0.15, -0.1) is 0 Å². The highest BCUT2D eigenvalue weighted by atomic mass is 16.5. The summed E-state index contributed by atoms with van der Waals surface area (Å²) in [6, 6.07) is 0. The fourth-order valence-electron chi connectivity index (χ4n) is 2.80. The van der Waals surface area contributed by atoms with E-state index >= 15 is 0 Å². The van der Waals surface area contributed by atoms with Crippen molar-refractivity contribution in [3.8, 4) is 0 Å². The van der Waals surface area contributed by atoms with Crippen LogP contribution in [0.3, 0.4) is 0 Å². The van der Waals surface area contributed by atoms with E-state index in [1.807, 2.05) is 0 Å². The molecule has 104 valence electrons. The fourth-order valence-corrected chi connectivity index (χ4v) is 2.80. The molecule has 18 heavy (non-hydrogen) atoms. The number of nitrogens with two attached hydrogens (primary N) is 1. The first-order valence-electron chi connectivity index (χ1n) is 7.15. The first-order valence-corrected chi connectivity index (χ1v) is 7.15. The van der Waals surface area contributed by atoms with Gasteiger partial charge in [0.25, 0.3) is 0 Å². The molecule has 0 radical (unpaired) electrons. The lowest BCUT2D eigenvalue weighted by molar-refractivity contribution is -0.152. The van der Waals surface area contributed by atoms with Crippen LogP contribution < -0.4 is 5.73 Å². The van der Waals surface area contributed by atoms with Gasteiger partial charge in [0, 0.05) is 0 Å². The molecule has 0 heterocycles. The number of methoxy groups -OCH3 is 1. The van der Waals surface area contributed by atoms with Crippen molar-refractivity contribution in [2.75, 3.05) is 13.7 Å². The van der Waals surface area contributed by atoms with Crippen LogP contribution in [0.1, 0.15) is 51.4 Å². The highest BCUT2D eigenvalue weighted by Crippen LogP contribution is 2.39. The maximum atomic E-state index is 11.8. The summed E-state index contributed by atoms with van der Waals surface area (Å²) in [7, 11) is 1.40. The Kier molecular flexibility index (Phi) is 4.62. The molecule has 0 aromatic carbocycles. The lowest BCUT2D eigenvalue weighted by Crippen LogP contribution is -2.55. The van der Waals surface area contributed by atoms with Crippen LogP contribution in [0.15, 0.2) is 0 Å². The van der Waals surface area contributed by atoms with Gasteiger partial charge in [-0.05, 0) is 31.6 Å². The van der Waals surface area contributed by atoms with Gasteiger partial charge in [-0.2, -0.15) is 0 Å². The zero-order valence-corrected chi connectivity index (χ0v) is 11.3. The van der Waals surface area contributed by atoms with E-state index in [1.165, 1.54) is 32.8 Å². The fraction of sp³-hybridized carbons (Fsp3) is 0.929. The zero-order valence-electron chi connectivity index (χ0n) is 11.3. The molecular weight excluding hydrogens is 230 g/mol. The summed E-state index contributed by atoms with van der Waals surface area (Å²) in [6.45, 7) is 0.314. The molecule has 2 fully saturated rings. The summed E-state index contributed by atoms with van der Waals surface area (Å²) in [5, 5.41) is 0. The predicted octanol–water partition coefficient (Wildman–Crippen LogP) is 2.01. The van der Waals surface area contributed by atoms with E-state index in [-0.39, 0.29) is 18.0 Å². The van der Waals surface area contributed by atoms with Gasteiger partial charge in [0.2, 0.25) is 0 Å².